The highest BCUT2D eigenvalue weighted by molar-refractivity contribution is 5.68. The van der Waals surface area contributed by atoms with Gasteiger partial charge in [0, 0.05) is 37.1 Å². The summed E-state index contributed by atoms with van der Waals surface area (Å²) in [5.41, 5.74) is 2.03. The average molecular weight is 481 g/mol. The van der Waals surface area contributed by atoms with Gasteiger partial charge in [-0.15, -0.1) is 0 Å². The molecule has 0 N–H and O–H groups in total. The Kier molecular flexibility index (Phi) is 8.23. The fourth-order valence-electron chi connectivity index (χ4n) is 4.34. The summed E-state index contributed by atoms with van der Waals surface area (Å²) >= 11 is 0. The minimum absolute atomic E-state index is 0.0621. The molecule has 1 amide bonds. The van der Waals surface area contributed by atoms with Crippen LogP contribution in [0.3, 0.4) is 0 Å². The van der Waals surface area contributed by atoms with Crippen molar-refractivity contribution in [1.82, 2.24) is 14.9 Å². The summed E-state index contributed by atoms with van der Waals surface area (Å²) in [6.45, 7) is 3.15. The normalized spacial score (nSPS) is 15.3. The Balaban J connectivity index is 1.51. The molecule has 0 spiro atoms. The number of anilines is 1. The van der Waals surface area contributed by atoms with Gasteiger partial charge in [0.2, 0.25) is 5.95 Å². The molecule has 1 aromatic heterocycles. The van der Waals surface area contributed by atoms with Crippen molar-refractivity contribution in [1.29, 1.82) is 0 Å². The van der Waals surface area contributed by atoms with Crippen LogP contribution in [-0.4, -0.2) is 40.1 Å². The number of ether oxygens (including phenoxy) is 1. The molecule has 1 unspecified atom stereocenters. The topological polar surface area (TPSA) is 58.6 Å². The Hall–Kier alpha value is -3.55. The van der Waals surface area contributed by atoms with Crippen molar-refractivity contribution < 1.29 is 18.3 Å². The molecule has 35 heavy (non-hydrogen) atoms. The first-order valence-electron chi connectivity index (χ1n) is 12.0. The lowest BCUT2D eigenvalue weighted by molar-refractivity contribution is 0.0910. The summed E-state index contributed by atoms with van der Waals surface area (Å²) in [6, 6.07) is 12.5. The number of benzene rings is 2. The van der Waals surface area contributed by atoms with Crippen LogP contribution in [0.4, 0.5) is 19.5 Å². The largest absolute Gasteiger partial charge is 0.445 e. The van der Waals surface area contributed by atoms with Gasteiger partial charge < -0.3 is 14.5 Å². The Labute approximate surface area is 204 Å². The maximum atomic E-state index is 14.4. The molecule has 0 aliphatic carbocycles. The zero-order valence-electron chi connectivity index (χ0n) is 19.9. The second-order valence-electron chi connectivity index (χ2n) is 8.79. The molecule has 6 nitrogen and oxygen atoms in total. The van der Waals surface area contributed by atoms with E-state index in [4.69, 9.17) is 4.74 Å². The Morgan fingerprint density at radius 3 is 2.63 bits per heavy atom. The fraction of sp³-hybridized carbons (Fsp3) is 0.370. The Morgan fingerprint density at radius 1 is 1.11 bits per heavy atom. The van der Waals surface area contributed by atoms with E-state index in [2.05, 4.69) is 21.8 Å². The molecular weight excluding hydrogens is 450 g/mol. The third-order valence-corrected chi connectivity index (χ3v) is 6.13. The average Bonchev–Trinajstić information content (AvgIpc) is 3.34. The Morgan fingerprint density at radius 2 is 1.89 bits per heavy atom. The zero-order valence-corrected chi connectivity index (χ0v) is 19.9. The van der Waals surface area contributed by atoms with Gasteiger partial charge in [0.15, 0.2) is 0 Å². The molecule has 2 aromatic carbocycles. The molecule has 0 saturated carbocycles. The van der Waals surface area contributed by atoms with Crippen molar-refractivity contribution in [3.63, 3.8) is 0 Å². The summed E-state index contributed by atoms with van der Waals surface area (Å²) < 4.78 is 33.8. The minimum atomic E-state index is -0.580. The van der Waals surface area contributed by atoms with E-state index in [1.165, 1.54) is 4.90 Å². The summed E-state index contributed by atoms with van der Waals surface area (Å²) in [5, 5.41) is 0. The van der Waals surface area contributed by atoms with E-state index in [0.717, 1.165) is 61.6 Å². The van der Waals surface area contributed by atoms with Crippen LogP contribution >= 0.6 is 0 Å². The first-order valence-corrected chi connectivity index (χ1v) is 12.0. The lowest BCUT2D eigenvalue weighted by Crippen LogP contribution is -2.43. The molecule has 1 fully saturated rings. The predicted molar refractivity (Wildman–Crippen MR) is 130 cm³/mol. The number of nitrogens with zero attached hydrogens (tertiary/aromatic N) is 4. The first kappa shape index (κ1) is 24.6. The standard InChI is InChI=1S/C27H30F2N4O2/c1-2-7-21-15-30-26(31-16-21)33-13-6-10-24(33)18-32(17-22-14-23(28)11-12-25(22)29)27(34)35-19-20-8-4-3-5-9-20/h3-5,8-9,11-12,14-16,24H,2,6-7,10,13,17-19H2,1H3. The van der Waals surface area contributed by atoms with E-state index in [0.29, 0.717) is 5.95 Å². The van der Waals surface area contributed by atoms with Gasteiger partial charge in [0.05, 0.1) is 6.54 Å². The van der Waals surface area contributed by atoms with E-state index in [-0.39, 0.29) is 31.3 Å². The Bertz CT molecular complexity index is 1110. The third kappa shape index (κ3) is 6.53. The van der Waals surface area contributed by atoms with Crippen LogP contribution < -0.4 is 4.90 Å². The highest BCUT2D eigenvalue weighted by atomic mass is 19.1. The number of rotatable bonds is 9. The van der Waals surface area contributed by atoms with E-state index in [1.54, 1.807) is 0 Å². The number of amides is 1. The molecule has 4 rings (SSSR count). The van der Waals surface area contributed by atoms with Crippen LogP contribution in [0, 0.1) is 11.6 Å². The van der Waals surface area contributed by atoms with E-state index in [9.17, 15) is 13.6 Å². The van der Waals surface area contributed by atoms with Crippen LogP contribution in [0.1, 0.15) is 42.9 Å². The van der Waals surface area contributed by atoms with Gasteiger partial charge in [-0.2, -0.15) is 0 Å². The van der Waals surface area contributed by atoms with Crippen molar-refractivity contribution in [2.45, 2.75) is 51.8 Å². The van der Waals surface area contributed by atoms with E-state index < -0.39 is 17.7 Å². The van der Waals surface area contributed by atoms with Crippen LogP contribution in [0.5, 0.6) is 0 Å². The number of hydrogen-bond acceptors (Lipinski definition) is 5. The lowest BCUT2D eigenvalue weighted by atomic mass is 10.1. The van der Waals surface area contributed by atoms with Gasteiger partial charge in [-0.1, -0.05) is 43.7 Å². The number of carbonyl (C=O) groups is 1. The molecular formula is C27H30F2N4O2. The summed E-state index contributed by atoms with van der Waals surface area (Å²) in [4.78, 5) is 25.7. The van der Waals surface area contributed by atoms with Crippen LogP contribution in [0.15, 0.2) is 60.9 Å². The second kappa shape index (κ2) is 11.7. The van der Waals surface area contributed by atoms with Crippen molar-refractivity contribution in [2.75, 3.05) is 18.0 Å². The first-order chi connectivity index (χ1) is 17.0. The highest BCUT2D eigenvalue weighted by Gasteiger charge is 2.31. The number of hydrogen-bond donors (Lipinski definition) is 0. The van der Waals surface area contributed by atoms with E-state index in [1.807, 2.05) is 42.7 Å². The highest BCUT2D eigenvalue weighted by Crippen LogP contribution is 2.24. The molecule has 1 aliphatic heterocycles. The van der Waals surface area contributed by atoms with Gasteiger partial charge in [0.25, 0.3) is 0 Å². The maximum Gasteiger partial charge on any atom is 0.410 e. The van der Waals surface area contributed by atoms with Gasteiger partial charge in [-0.3, -0.25) is 0 Å². The summed E-state index contributed by atoms with van der Waals surface area (Å²) in [7, 11) is 0. The molecule has 1 saturated heterocycles. The molecule has 0 bridgehead atoms. The maximum absolute atomic E-state index is 14.4. The number of halogens is 2. The van der Waals surface area contributed by atoms with Crippen LogP contribution in [0.2, 0.25) is 0 Å². The number of aryl methyl sites for hydroxylation is 1. The van der Waals surface area contributed by atoms with Crippen molar-refractivity contribution >= 4 is 12.0 Å². The molecule has 8 heteroatoms. The molecule has 2 heterocycles. The number of aromatic nitrogens is 2. The lowest BCUT2D eigenvalue weighted by Gasteiger charge is -2.30. The van der Waals surface area contributed by atoms with Crippen LogP contribution in [-0.2, 0) is 24.3 Å². The third-order valence-electron chi connectivity index (χ3n) is 6.13. The van der Waals surface area contributed by atoms with Gasteiger partial charge in [-0.05, 0) is 48.6 Å². The smallest absolute Gasteiger partial charge is 0.410 e. The predicted octanol–water partition coefficient (Wildman–Crippen LogP) is 5.52. The summed E-state index contributed by atoms with van der Waals surface area (Å²) in [6.07, 6.45) is 6.80. The molecule has 1 aliphatic rings. The monoisotopic (exact) mass is 480 g/mol. The van der Waals surface area contributed by atoms with Gasteiger partial charge in [0.1, 0.15) is 18.2 Å². The summed E-state index contributed by atoms with van der Waals surface area (Å²) in [5.74, 6) is -0.505. The molecule has 0 radical (unpaired) electrons. The van der Waals surface area contributed by atoms with Gasteiger partial charge >= 0.3 is 6.09 Å². The molecule has 184 valence electrons. The molecule has 3 aromatic rings. The second-order valence-corrected chi connectivity index (χ2v) is 8.79. The van der Waals surface area contributed by atoms with Gasteiger partial charge in [-0.25, -0.2) is 23.5 Å². The SMILES string of the molecule is CCCc1cnc(N2CCCC2CN(Cc2cc(F)ccc2F)C(=O)OCc2ccccc2)nc1. The van der Waals surface area contributed by atoms with Crippen molar-refractivity contribution in [3.05, 3.63) is 89.2 Å². The van der Waals surface area contributed by atoms with Crippen LogP contribution in [0.25, 0.3) is 0 Å². The number of carbonyl (C=O) groups excluding carboxylic acids is 1. The zero-order chi connectivity index (χ0) is 24.6. The minimum Gasteiger partial charge on any atom is -0.445 e. The quantitative estimate of drug-likeness (QED) is 0.404. The van der Waals surface area contributed by atoms with E-state index >= 15 is 0 Å². The van der Waals surface area contributed by atoms with Crippen molar-refractivity contribution in [2.24, 2.45) is 0 Å². The van der Waals surface area contributed by atoms with Crippen molar-refractivity contribution in [3.8, 4) is 0 Å². The fourth-order valence-corrected chi connectivity index (χ4v) is 4.34. The molecule has 1 atom stereocenters.